The monoisotopic (exact) mass is 442 g/mol. The first-order chi connectivity index (χ1) is 12.3. The highest BCUT2D eigenvalue weighted by Crippen LogP contribution is 2.44. The standard InChI is InChI=1S/C13H22F3O9PS/c1-5-21-26(17)8(25-27(18,19)13(14,15)16)6-7-9-10(11(20-4)22-7)24-12(2,3)23-9/h7-11,26H,5-6H2,1-4H3/t7-,8?,9-,10-,11-/m1/s1. The minimum atomic E-state index is -5.98. The van der Waals surface area contributed by atoms with Crippen molar-refractivity contribution in [1.82, 2.24) is 0 Å². The van der Waals surface area contributed by atoms with Gasteiger partial charge in [-0.1, -0.05) is 0 Å². The van der Waals surface area contributed by atoms with E-state index in [1.807, 2.05) is 0 Å². The SMILES string of the molecule is CCO[PH](=O)C(C[C@H]1O[C@@H](OC)[C@@H]2OC(C)(C)O[C@@H]21)OS(=O)(=O)C(F)(F)F. The molecule has 2 saturated heterocycles. The second-order valence-electron chi connectivity index (χ2n) is 6.32. The van der Waals surface area contributed by atoms with Gasteiger partial charge < -0.3 is 23.5 Å². The maximum atomic E-state index is 12.6. The van der Waals surface area contributed by atoms with E-state index >= 15 is 0 Å². The second-order valence-corrected chi connectivity index (χ2v) is 9.45. The van der Waals surface area contributed by atoms with Crippen LogP contribution in [0.15, 0.2) is 0 Å². The van der Waals surface area contributed by atoms with Crippen LogP contribution in [0.25, 0.3) is 0 Å². The quantitative estimate of drug-likeness (QED) is 0.317. The molecule has 0 aliphatic carbocycles. The van der Waals surface area contributed by atoms with Gasteiger partial charge in [-0.05, 0) is 20.8 Å². The fourth-order valence-corrected chi connectivity index (χ4v) is 4.93. The van der Waals surface area contributed by atoms with Crippen LogP contribution in [0.1, 0.15) is 27.2 Å². The first-order valence-electron chi connectivity index (χ1n) is 8.01. The lowest BCUT2D eigenvalue weighted by Crippen LogP contribution is -2.35. The molecule has 2 rings (SSSR count). The molecule has 2 heterocycles. The van der Waals surface area contributed by atoms with Crippen LogP contribution in [-0.4, -0.2) is 63.9 Å². The van der Waals surface area contributed by atoms with E-state index in [1.54, 1.807) is 13.8 Å². The molecule has 0 N–H and O–H groups in total. The summed E-state index contributed by atoms with van der Waals surface area (Å²) in [5.41, 5.74) is -5.66. The zero-order valence-corrected chi connectivity index (χ0v) is 16.8. The van der Waals surface area contributed by atoms with Gasteiger partial charge in [-0.15, -0.1) is 0 Å². The van der Waals surface area contributed by atoms with Crippen molar-refractivity contribution >= 4 is 18.1 Å². The number of fused-ring (bicyclic) bond motifs is 1. The minimum Gasteiger partial charge on any atom is -0.353 e. The van der Waals surface area contributed by atoms with Gasteiger partial charge in [0.15, 0.2) is 17.9 Å². The summed E-state index contributed by atoms with van der Waals surface area (Å²) in [6.07, 6.45) is -3.83. The summed E-state index contributed by atoms with van der Waals surface area (Å²) in [5, 5.41) is 0. The van der Waals surface area contributed by atoms with Gasteiger partial charge in [-0.3, -0.25) is 4.57 Å². The van der Waals surface area contributed by atoms with Crippen LogP contribution in [-0.2, 0) is 42.3 Å². The Kier molecular flexibility index (Phi) is 7.01. The van der Waals surface area contributed by atoms with Crippen LogP contribution in [0.4, 0.5) is 13.2 Å². The van der Waals surface area contributed by atoms with Crippen molar-refractivity contribution in [2.45, 2.75) is 68.9 Å². The summed E-state index contributed by atoms with van der Waals surface area (Å²) in [6, 6.07) is 0. The molecule has 9 nitrogen and oxygen atoms in total. The molecule has 0 aromatic rings. The summed E-state index contributed by atoms with van der Waals surface area (Å²) >= 11 is 0. The highest BCUT2D eigenvalue weighted by Gasteiger charge is 2.57. The van der Waals surface area contributed by atoms with Crippen molar-refractivity contribution in [3.05, 3.63) is 0 Å². The maximum absolute atomic E-state index is 12.6. The van der Waals surface area contributed by atoms with Crippen LogP contribution in [0.5, 0.6) is 0 Å². The molecule has 0 spiro atoms. The molecule has 0 saturated carbocycles. The van der Waals surface area contributed by atoms with Gasteiger partial charge >= 0.3 is 15.6 Å². The lowest BCUT2D eigenvalue weighted by Gasteiger charge is -2.25. The van der Waals surface area contributed by atoms with Crippen molar-refractivity contribution in [3.63, 3.8) is 0 Å². The number of rotatable bonds is 8. The molecule has 2 aliphatic heterocycles. The number of halogens is 3. The first-order valence-corrected chi connectivity index (χ1v) is 10.8. The summed E-state index contributed by atoms with van der Waals surface area (Å²) < 4.78 is 104. The number of methoxy groups -OCH3 is 1. The number of hydrogen-bond donors (Lipinski definition) is 0. The van der Waals surface area contributed by atoms with Crippen molar-refractivity contribution in [2.24, 2.45) is 0 Å². The van der Waals surface area contributed by atoms with E-state index in [0.29, 0.717) is 0 Å². The Labute approximate surface area is 155 Å². The highest BCUT2D eigenvalue weighted by atomic mass is 32.2. The molecular weight excluding hydrogens is 420 g/mol. The van der Waals surface area contributed by atoms with Crippen molar-refractivity contribution < 1.29 is 53.8 Å². The lowest BCUT2D eigenvalue weighted by atomic mass is 10.1. The van der Waals surface area contributed by atoms with Gasteiger partial charge in [0.2, 0.25) is 8.03 Å². The third-order valence-corrected chi connectivity index (χ3v) is 6.54. The van der Waals surface area contributed by atoms with Gasteiger partial charge in [0.05, 0.1) is 12.7 Å². The third kappa shape index (κ3) is 5.21. The van der Waals surface area contributed by atoms with Crippen LogP contribution in [0, 0.1) is 0 Å². The summed E-state index contributed by atoms with van der Waals surface area (Å²) in [7, 11) is -7.95. The van der Waals surface area contributed by atoms with Gasteiger partial charge in [-0.25, -0.2) is 4.18 Å². The van der Waals surface area contributed by atoms with E-state index in [1.165, 1.54) is 14.0 Å². The Bertz CT molecular complexity index is 654. The summed E-state index contributed by atoms with van der Waals surface area (Å²) in [6.45, 7) is 4.60. The van der Waals surface area contributed by atoms with Crippen molar-refractivity contribution in [2.75, 3.05) is 13.7 Å². The van der Waals surface area contributed by atoms with Crippen LogP contribution in [0.2, 0.25) is 0 Å². The molecule has 2 fully saturated rings. The molecular formula is C13H22F3O9PS. The molecule has 0 aromatic heterocycles. The third-order valence-electron chi connectivity index (χ3n) is 3.86. The van der Waals surface area contributed by atoms with Gasteiger partial charge in [-0.2, -0.15) is 21.6 Å². The van der Waals surface area contributed by atoms with Crippen LogP contribution < -0.4 is 0 Å². The van der Waals surface area contributed by atoms with Crippen LogP contribution >= 0.6 is 8.03 Å². The molecule has 0 radical (unpaired) electrons. The minimum absolute atomic E-state index is 0.103. The smallest absolute Gasteiger partial charge is 0.353 e. The maximum Gasteiger partial charge on any atom is 0.523 e. The van der Waals surface area contributed by atoms with E-state index in [9.17, 15) is 26.2 Å². The Balaban J connectivity index is 2.21. The molecule has 0 aromatic carbocycles. The van der Waals surface area contributed by atoms with E-state index in [2.05, 4.69) is 4.18 Å². The highest BCUT2D eigenvalue weighted by molar-refractivity contribution is 7.87. The molecule has 14 heteroatoms. The van der Waals surface area contributed by atoms with Crippen molar-refractivity contribution in [3.8, 4) is 0 Å². The fraction of sp³-hybridized carbons (Fsp3) is 1.00. The normalized spacial score (nSPS) is 33.0. The predicted octanol–water partition coefficient (Wildman–Crippen LogP) is 1.97. The predicted molar refractivity (Wildman–Crippen MR) is 84.6 cm³/mol. The molecule has 0 bridgehead atoms. The zero-order chi connectivity index (χ0) is 20.6. The fourth-order valence-electron chi connectivity index (χ4n) is 2.85. The largest absolute Gasteiger partial charge is 0.523 e. The van der Waals surface area contributed by atoms with E-state index in [0.717, 1.165) is 0 Å². The second kappa shape index (κ2) is 8.23. The first kappa shape index (κ1) is 23.0. The Morgan fingerprint density at radius 3 is 2.33 bits per heavy atom. The Morgan fingerprint density at radius 2 is 1.81 bits per heavy atom. The lowest BCUT2D eigenvalue weighted by molar-refractivity contribution is -0.228. The number of alkyl halides is 3. The van der Waals surface area contributed by atoms with Crippen LogP contribution in [0.3, 0.4) is 0 Å². The van der Waals surface area contributed by atoms with E-state index in [4.69, 9.17) is 23.5 Å². The number of hydrogen-bond acceptors (Lipinski definition) is 9. The molecule has 160 valence electrons. The van der Waals surface area contributed by atoms with Gasteiger partial charge in [0.1, 0.15) is 12.2 Å². The van der Waals surface area contributed by atoms with E-state index in [-0.39, 0.29) is 6.61 Å². The number of ether oxygens (including phenoxy) is 4. The topological polar surface area (TPSA) is 107 Å². The average molecular weight is 442 g/mol. The Morgan fingerprint density at radius 1 is 1.22 bits per heavy atom. The van der Waals surface area contributed by atoms with E-state index < -0.39 is 66.3 Å². The summed E-state index contributed by atoms with van der Waals surface area (Å²) in [4.78, 5) is 0. The molecule has 2 unspecified atom stereocenters. The summed E-state index contributed by atoms with van der Waals surface area (Å²) in [5.74, 6) is -2.90. The zero-order valence-electron chi connectivity index (χ0n) is 15.0. The van der Waals surface area contributed by atoms with Crippen molar-refractivity contribution in [1.29, 1.82) is 0 Å². The molecule has 2 aliphatic rings. The average Bonchev–Trinajstić information content (AvgIpc) is 2.99. The Hall–Kier alpha value is -0.270. The van der Waals surface area contributed by atoms with Gasteiger partial charge in [0.25, 0.3) is 0 Å². The molecule has 27 heavy (non-hydrogen) atoms. The van der Waals surface area contributed by atoms with Gasteiger partial charge in [0, 0.05) is 13.5 Å². The molecule has 0 amide bonds. The molecule has 6 atom stereocenters.